The average Bonchev–Trinajstić information content (AvgIpc) is 3.30. The summed E-state index contributed by atoms with van der Waals surface area (Å²) in [4.78, 5) is 27.5. The molecule has 0 saturated heterocycles. The summed E-state index contributed by atoms with van der Waals surface area (Å²) in [5.74, 6) is -0.288. The maximum Gasteiger partial charge on any atom is 0.417 e. The quantitative estimate of drug-likeness (QED) is 0.887. The number of rotatable bonds is 4. The molecule has 0 atom stereocenters. The Morgan fingerprint density at radius 2 is 1.58 bits per heavy atom. The zero-order chi connectivity index (χ0) is 19.2. The fourth-order valence-corrected chi connectivity index (χ4v) is 4.36. The van der Waals surface area contributed by atoms with Crippen LogP contribution in [0.5, 0.6) is 0 Å². The third kappa shape index (κ3) is 3.50. The molecule has 2 aliphatic rings. The first-order chi connectivity index (χ1) is 12.1. The summed E-state index contributed by atoms with van der Waals surface area (Å²) in [6, 6.07) is 9.27. The Hall–Kier alpha value is -1.88. The van der Waals surface area contributed by atoms with Crippen molar-refractivity contribution in [2.24, 2.45) is 16.6 Å². The number of ether oxygens (including phenoxy) is 1. The lowest BCUT2D eigenvalue weighted by Crippen LogP contribution is -2.59. The SMILES string of the molecule is CC1(C)CCC(C)(C)C1N(C(=O)OCc1ccccc1)C(=O)C1(N)CC1. The molecule has 5 nitrogen and oxygen atoms in total. The van der Waals surface area contributed by atoms with E-state index in [-0.39, 0.29) is 29.4 Å². The van der Waals surface area contributed by atoms with Gasteiger partial charge in [-0.3, -0.25) is 4.79 Å². The molecule has 2 amide bonds. The molecule has 1 aromatic carbocycles. The number of hydrogen-bond donors (Lipinski definition) is 1. The van der Waals surface area contributed by atoms with Gasteiger partial charge >= 0.3 is 6.09 Å². The molecule has 2 saturated carbocycles. The lowest BCUT2D eigenvalue weighted by molar-refractivity contribution is -0.138. The zero-order valence-electron chi connectivity index (χ0n) is 16.2. The van der Waals surface area contributed by atoms with E-state index in [1.165, 1.54) is 4.90 Å². The first-order valence-electron chi connectivity index (χ1n) is 9.40. The van der Waals surface area contributed by atoms with Gasteiger partial charge in [-0.1, -0.05) is 58.0 Å². The lowest BCUT2D eigenvalue weighted by atomic mass is 9.77. The van der Waals surface area contributed by atoms with Crippen molar-refractivity contribution >= 4 is 12.0 Å². The van der Waals surface area contributed by atoms with Crippen molar-refractivity contribution in [1.29, 1.82) is 0 Å². The lowest BCUT2D eigenvalue weighted by Gasteiger charge is -2.42. The number of amides is 2. The Morgan fingerprint density at radius 3 is 2.08 bits per heavy atom. The Bertz CT molecular complexity index is 676. The fourth-order valence-electron chi connectivity index (χ4n) is 4.36. The van der Waals surface area contributed by atoms with Crippen LogP contribution in [0.4, 0.5) is 4.79 Å². The van der Waals surface area contributed by atoms with Crippen molar-refractivity contribution in [2.75, 3.05) is 0 Å². The molecule has 0 aliphatic heterocycles. The third-order valence-electron chi connectivity index (χ3n) is 5.99. The predicted molar refractivity (Wildman–Crippen MR) is 100 cm³/mol. The molecule has 2 aliphatic carbocycles. The Balaban J connectivity index is 1.86. The highest BCUT2D eigenvalue weighted by molar-refractivity contribution is 5.99. The van der Waals surface area contributed by atoms with E-state index in [2.05, 4.69) is 27.7 Å². The van der Waals surface area contributed by atoms with Gasteiger partial charge in [0.1, 0.15) is 6.61 Å². The van der Waals surface area contributed by atoms with Crippen molar-refractivity contribution in [3.8, 4) is 0 Å². The van der Waals surface area contributed by atoms with Crippen LogP contribution in [0.1, 0.15) is 58.9 Å². The molecule has 2 N–H and O–H groups in total. The number of nitrogens with two attached hydrogens (primary N) is 1. The van der Waals surface area contributed by atoms with E-state index < -0.39 is 11.6 Å². The van der Waals surface area contributed by atoms with Crippen LogP contribution in [0.3, 0.4) is 0 Å². The van der Waals surface area contributed by atoms with E-state index in [1.54, 1.807) is 0 Å². The van der Waals surface area contributed by atoms with Crippen LogP contribution in [0, 0.1) is 10.8 Å². The van der Waals surface area contributed by atoms with Crippen LogP contribution < -0.4 is 5.73 Å². The normalized spacial score (nSPS) is 22.7. The number of carbonyl (C=O) groups is 2. The number of nitrogens with zero attached hydrogens (tertiary/aromatic N) is 1. The van der Waals surface area contributed by atoms with Gasteiger partial charge in [-0.15, -0.1) is 0 Å². The van der Waals surface area contributed by atoms with Crippen LogP contribution in [0.15, 0.2) is 30.3 Å². The Labute approximate surface area is 155 Å². The molecule has 0 unspecified atom stereocenters. The number of imide groups is 1. The minimum absolute atomic E-state index is 0.147. The van der Waals surface area contributed by atoms with Gasteiger partial charge in [-0.25, -0.2) is 9.69 Å². The summed E-state index contributed by atoms with van der Waals surface area (Å²) in [5.41, 5.74) is 5.83. The molecular weight excluding hydrogens is 328 g/mol. The predicted octanol–water partition coefficient (Wildman–Crippen LogP) is 3.86. The monoisotopic (exact) mass is 358 g/mol. The first kappa shape index (κ1) is 18.9. The summed E-state index contributed by atoms with van der Waals surface area (Å²) in [6.45, 7) is 8.62. The number of carbonyl (C=O) groups excluding carboxylic acids is 2. The molecule has 0 bridgehead atoms. The van der Waals surface area contributed by atoms with Crippen LogP contribution >= 0.6 is 0 Å². The van der Waals surface area contributed by atoms with Crippen LogP contribution in [0.2, 0.25) is 0 Å². The molecule has 142 valence electrons. The topological polar surface area (TPSA) is 72.6 Å². The first-order valence-corrected chi connectivity index (χ1v) is 9.40. The number of hydrogen-bond acceptors (Lipinski definition) is 4. The minimum Gasteiger partial charge on any atom is -0.444 e. The molecule has 0 aromatic heterocycles. The smallest absolute Gasteiger partial charge is 0.417 e. The van der Waals surface area contributed by atoms with Gasteiger partial charge in [-0.05, 0) is 42.1 Å². The van der Waals surface area contributed by atoms with Gasteiger partial charge < -0.3 is 10.5 Å². The zero-order valence-corrected chi connectivity index (χ0v) is 16.2. The Kier molecular flexibility index (Phi) is 4.63. The molecule has 0 radical (unpaired) electrons. The van der Waals surface area contributed by atoms with Crippen molar-refractivity contribution in [2.45, 2.75) is 71.6 Å². The van der Waals surface area contributed by atoms with Crippen LogP contribution in [-0.2, 0) is 16.1 Å². The van der Waals surface area contributed by atoms with Gasteiger partial charge in [-0.2, -0.15) is 0 Å². The fraction of sp³-hybridized carbons (Fsp3) is 0.619. The van der Waals surface area contributed by atoms with Crippen molar-refractivity contribution in [1.82, 2.24) is 4.90 Å². The van der Waals surface area contributed by atoms with Crippen molar-refractivity contribution in [3.05, 3.63) is 35.9 Å². The second-order valence-electron chi connectivity index (χ2n) is 9.25. The standard InChI is InChI=1S/C21H30N2O3/c1-19(2)10-11-20(3,4)16(19)23(17(24)21(22)12-13-21)18(25)26-14-15-8-6-5-7-9-15/h5-9,16H,10-14,22H2,1-4H3. The molecule has 0 spiro atoms. The summed E-state index contributed by atoms with van der Waals surface area (Å²) in [7, 11) is 0. The van der Waals surface area contributed by atoms with Crippen molar-refractivity contribution in [3.63, 3.8) is 0 Å². The minimum atomic E-state index is -0.902. The molecule has 0 heterocycles. The molecule has 2 fully saturated rings. The second-order valence-corrected chi connectivity index (χ2v) is 9.25. The molecule has 3 rings (SSSR count). The highest BCUT2D eigenvalue weighted by Crippen LogP contribution is 2.52. The van der Waals surface area contributed by atoms with Gasteiger partial charge in [0, 0.05) is 0 Å². The van der Waals surface area contributed by atoms with E-state index in [4.69, 9.17) is 10.5 Å². The van der Waals surface area contributed by atoms with Crippen LogP contribution in [-0.4, -0.2) is 28.5 Å². The molecule has 1 aromatic rings. The summed E-state index contributed by atoms with van der Waals surface area (Å²) in [6.07, 6.45) is 2.59. The maximum absolute atomic E-state index is 13.1. The van der Waals surface area contributed by atoms with E-state index >= 15 is 0 Å². The second kappa shape index (κ2) is 6.38. The highest BCUT2D eigenvalue weighted by Gasteiger charge is 2.58. The van der Waals surface area contributed by atoms with Gasteiger partial charge in [0.15, 0.2) is 0 Å². The Morgan fingerprint density at radius 1 is 1.04 bits per heavy atom. The molecular formula is C21H30N2O3. The molecule has 5 heteroatoms. The van der Waals surface area contributed by atoms with E-state index in [0.717, 1.165) is 18.4 Å². The van der Waals surface area contributed by atoms with Gasteiger partial charge in [0.05, 0.1) is 11.6 Å². The van der Waals surface area contributed by atoms with E-state index in [0.29, 0.717) is 12.8 Å². The molecule has 26 heavy (non-hydrogen) atoms. The summed E-state index contributed by atoms with van der Waals surface area (Å²) >= 11 is 0. The van der Waals surface area contributed by atoms with Gasteiger partial charge in [0.25, 0.3) is 5.91 Å². The summed E-state index contributed by atoms with van der Waals surface area (Å²) < 4.78 is 5.54. The third-order valence-corrected chi connectivity index (χ3v) is 5.99. The van der Waals surface area contributed by atoms with Gasteiger partial charge in [0.2, 0.25) is 0 Å². The summed E-state index contributed by atoms with van der Waals surface area (Å²) in [5, 5.41) is 0. The van der Waals surface area contributed by atoms with Crippen LogP contribution in [0.25, 0.3) is 0 Å². The largest absolute Gasteiger partial charge is 0.444 e. The average molecular weight is 358 g/mol. The maximum atomic E-state index is 13.1. The van der Waals surface area contributed by atoms with E-state index in [9.17, 15) is 9.59 Å². The number of benzene rings is 1. The van der Waals surface area contributed by atoms with Crippen molar-refractivity contribution < 1.29 is 14.3 Å². The van der Waals surface area contributed by atoms with E-state index in [1.807, 2.05) is 30.3 Å². The highest BCUT2D eigenvalue weighted by atomic mass is 16.6.